The fourth-order valence-corrected chi connectivity index (χ4v) is 2.75. The number of ether oxygens (including phenoxy) is 1. The molecule has 0 amide bonds. The number of alkyl halides is 1. The number of benzene rings is 2. The summed E-state index contributed by atoms with van der Waals surface area (Å²) >= 11 is 12.1. The Morgan fingerprint density at radius 2 is 2.05 bits per heavy atom. The van der Waals surface area contributed by atoms with Crippen LogP contribution in [0.4, 0.5) is 0 Å². The third-order valence-electron chi connectivity index (χ3n) is 3.38. The minimum Gasteiger partial charge on any atom is -0.497 e. The molecule has 0 fully saturated rings. The Kier molecular flexibility index (Phi) is 4.04. The van der Waals surface area contributed by atoms with Crippen LogP contribution >= 0.6 is 23.2 Å². The lowest BCUT2D eigenvalue weighted by molar-refractivity contribution is 0.414. The molecule has 0 radical (unpaired) electrons. The molecule has 2 aromatic carbocycles. The zero-order valence-electron chi connectivity index (χ0n) is 11.5. The Balaban J connectivity index is 2.07. The monoisotopic (exact) mass is 320 g/mol. The second kappa shape index (κ2) is 5.96. The van der Waals surface area contributed by atoms with Crippen LogP contribution in [0.2, 0.25) is 5.02 Å². The zero-order chi connectivity index (χ0) is 14.8. The standard InChI is InChI=1S/C16H14Cl2N2O/c1-21-13-4-2-3-11(7-13)10-20-15-8-12(18)5-6-14(15)19-16(20)9-17/h2-8H,9-10H2,1H3. The molecule has 0 saturated carbocycles. The van der Waals surface area contributed by atoms with Crippen molar-refractivity contribution in [2.75, 3.05) is 7.11 Å². The van der Waals surface area contributed by atoms with Gasteiger partial charge in [0.15, 0.2) is 0 Å². The molecule has 3 rings (SSSR count). The van der Waals surface area contributed by atoms with Crippen LogP contribution in [0.5, 0.6) is 5.75 Å². The lowest BCUT2D eigenvalue weighted by Crippen LogP contribution is -2.04. The largest absolute Gasteiger partial charge is 0.497 e. The summed E-state index contributed by atoms with van der Waals surface area (Å²) in [6.07, 6.45) is 0. The van der Waals surface area contributed by atoms with Crippen LogP contribution in [0.1, 0.15) is 11.4 Å². The average Bonchev–Trinajstić information content (AvgIpc) is 2.85. The van der Waals surface area contributed by atoms with Crippen molar-refractivity contribution in [2.24, 2.45) is 0 Å². The fourth-order valence-electron chi connectivity index (χ4n) is 2.38. The van der Waals surface area contributed by atoms with E-state index in [9.17, 15) is 0 Å². The number of fused-ring (bicyclic) bond motifs is 1. The van der Waals surface area contributed by atoms with E-state index in [0.717, 1.165) is 28.2 Å². The lowest BCUT2D eigenvalue weighted by Gasteiger charge is -2.09. The van der Waals surface area contributed by atoms with E-state index < -0.39 is 0 Å². The van der Waals surface area contributed by atoms with Crippen molar-refractivity contribution in [3.05, 3.63) is 58.9 Å². The molecular formula is C16H14Cl2N2O. The van der Waals surface area contributed by atoms with Crippen molar-refractivity contribution >= 4 is 34.2 Å². The Labute approximate surface area is 133 Å². The van der Waals surface area contributed by atoms with Crippen molar-refractivity contribution in [2.45, 2.75) is 12.4 Å². The maximum atomic E-state index is 6.10. The first-order chi connectivity index (χ1) is 10.2. The molecular weight excluding hydrogens is 307 g/mol. The molecule has 21 heavy (non-hydrogen) atoms. The summed E-state index contributed by atoms with van der Waals surface area (Å²) in [4.78, 5) is 4.55. The van der Waals surface area contributed by atoms with Crippen LogP contribution in [0.15, 0.2) is 42.5 Å². The predicted molar refractivity (Wildman–Crippen MR) is 86.4 cm³/mol. The third-order valence-corrected chi connectivity index (χ3v) is 3.86. The van der Waals surface area contributed by atoms with Gasteiger partial charge in [-0.25, -0.2) is 4.98 Å². The minimum absolute atomic E-state index is 0.357. The summed E-state index contributed by atoms with van der Waals surface area (Å²) in [5.41, 5.74) is 3.01. The molecule has 0 atom stereocenters. The van der Waals surface area contributed by atoms with E-state index in [2.05, 4.69) is 15.6 Å². The van der Waals surface area contributed by atoms with Crippen molar-refractivity contribution in [1.29, 1.82) is 0 Å². The van der Waals surface area contributed by atoms with Gasteiger partial charge in [-0.15, -0.1) is 11.6 Å². The molecule has 3 nitrogen and oxygen atoms in total. The van der Waals surface area contributed by atoms with E-state index in [1.807, 2.05) is 36.4 Å². The van der Waals surface area contributed by atoms with E-state index in [-0.39, 0.29) is 0 Å². The second-order valence-corrected chi connectivity index (χ2v) is 5.44. The summed E-state index contributed by atoms with van der Waals surface area (Å²) in [7, 11) is 1.66. The van der Waals surface area contributed by atoms with E-state index in [0.29, 0.717) is 17.4 Å². The van der Waals surface area contributed by atoms with Gasteiger partial charge in [0.1, 0.15) is 11.6 Å². The topological polar surface area (TPSA) is 27.1 Å². The normalized spacial score (nSPS) is 11.0. The van der Waals surface area contributed by atoms with Crippen LogP contribution in [-0.4, -0.2) is 16.7 Å². The summed E-state index contributed by atoms with van der Waals surface area (Å²) in [5, 5.41) is 0.690. The van der Waals surface area contributed by atoms with Gasteiger partial charge in [0.05, 0.1) is 24.0 Å². The van der Waals surface area contributed by atoms with Crippen molar-refractivity contribution in [3.8, 4) is 5.75 Å². The predicted octanol–water partition coefficient (Wildman–Crippen LogP) is 4.49. The molecule has 1 aromatic heterocycles. The number of halogens is 2. The van der Waals surface area contributed by atoms with Crippen LogP contribution in [0.25, 0.3) is 11.0 Å². The molecule has 1 heterocycles. The van der Waals surface area contributed by atoms with Crippen molar-refractivity contribution < 1.29 is 4.74 Å². The number of hydrogen-bond acceptors (Lipinski definition) is 2. The first kappa shape index (κ1) is 14.2. The van der Waals surface area contributed by atoms with Crippen molar-refractivity contribution in [1.82, 2.24) is 9.55 Å². The van der Waals surface area contributed by atoms with E-state index in [1.54, 1.807) is 7.11 Å². The summed E-state index contributed by atoms with van der Waals surface area (Å²) in [5.74, 6) is 2.02. The number of hydrogen-bond donors (Lipinski definition) is 0. The van der Waals surface area contributed by atoms with E-state index in [4.69, 9.17) is 27.9 Å². The maximum absolute atomic E-state index is 6.10. The van der Waals surface area contributed by atoms with Crippen molar-refractivity contribution in [3.63, 3.8) is 0 Å². The molecule has 0 saturated heterocycles. The molecule has 5 heteroatoms. The summed E-state index contributed by atoms with van der Waals surface area (Å²) < 4.78 is 7.35. The molecule has 0 spiro atoms. The molecule has 0 N–H and O–H groups in total. The van der Waals surface area contributed by atoms with E-state index >= 15 is 0 Å². The molecule has 0 bridgehead atoms. The van der Waals surface area contributed by atoms with Crippen LogP contribution in [-0.2, 0) is 12.4 Å². The smallest absolute Gasteiger partial charge is 0.125 e. The van der Waals surface area contributed by atoms with Gasteiger partial charge in [-0.1, -0.05) is 23.7 Å². The molecule has 0 aliphatic heterocycles. The van der Waals surface area contributed by atoms with Gasteiger partial charge in [-0.3, -0.25) is 0 Å². The number of imidazole rings is 1. The van der Waals surface area contributed by atoms with Gasteiger partial charge in [0.25, 0.3) is 0 Å². The minimum atomic E-state index is 0.357. The van der Waals surface area contributed by atoms with Gasteiger partial charge in [-0.05, 0) is 35.9 Å². The number of rotatable bonds is 4. The highest BCUT2D eigenvalue weighted by Crippen LogP contribution is 2.23. The van der Waals surface area contributed by atoms with Gasteiger partial charge in [0.2, 0.25) is 0 Å². The number of nitrogens with zero attached hydrogens (tertiary/aromatic N) is 2. The van der Waals surface area contributed by atoms with Crippen LogP contribution < -0.4 is 4.74 Å². The average molecular weight is 321 g/mol. The Bertz CT molecular complexity index is 783. The first-order valence-corrected chi connectivity index (χ1v) is 7.46. The highest BCUT2D eigenvalue weighted by molar-refractivity contribution is 6.31. The highest BCUT2D eigenvalue weighted by Gasteiger charge is 2.11. The third kappa shape index (κ3) is 2.85. The Morgan fingerprint density at radius 3 is 2.81 bits per heavy atom. The maximum Gasteiger partial charge on any atom is 0.125 e. The first-order valence-electron chi connectivity index (χ1n) is 6.55. The second-order valence-electron chi connectivity index (χ2n) is 4.73. The molecule has 0 aliphatic carbocycles. The van der Waals surface area contributed by atoms with Gasteiger partial charge in [0, 0.05) is 11.6 Å². The zero-order valence-corrected chi connectivity index (χ0v) is 13.0. The molecule has 0 aliphatic rings. The molecule has 108 valence electrons. The summed E-state index contributed by atoms with van der Waals surface area (Å²) in [6.45, 7) is 0.677. The van der Waals surface area contributed by atoms with Gasteiger partial charge in [-0.2, -0.15) is 0 Å². The van der Waals surface area contributed by atoms with Gasteiger partial charge >= 0.3 is 0 Å². The summed E-state index contributed by atoms with van der Waals surface area (Å²) in [6, 6.07) is 13.6. The quantitative estimate of drug-likeness (QED) is 0.662. The van der Waals surface area contributed by atoms with Crippen LogP contribution in [0, 0.1) is 0 Å². The van der Waals surface area contributed by atoms with Gasteiger partial charge < -0.3 is 9.30 Å². The van der Waals surface area contributed by atoms with E-state index in [1.165, 1.54) is 0 Å². The molecule has 0 unspecified atom stereocenters. The highest BCUT2D eigenvalue weighted by atomic mass is 35.5. The lowest BCUT2D eigenvalue weighted by atomic mass is 10.2. The number of aromatic nitrogens is 2. The fraction of sp³-hybridized carbons (Fsp3) is 0.188. The van der Waals surface area contributed by atoms with Crippen LogP contribution in [0.3, 0.4) is 0 Å². The Morgan fingerprint density at radius 1 is 1.19 bits per heavy atom. The SMILES string of the molecule is COc1cccc(Cn2c(CCl)nc3ccc(Cl)cc32)c1. The number of methoxy groups -OCH3 is 1. The molecule has 3 aromatic rings. The Hall–Kier alpha value is -1.71.